The Hall–Kier alpha value is -0.0200. The summed E-state index contributed by atoms with van der Waals surface area (Å²) in [6.07, 6.45) is 11.9. The van der Waals surface area contributed by atoms with Gasteiger partial charge in [-0.1, -0.05) is 32.6 Å². The van der Waals surface area contributed by atoms with E-state index in [-0.39, 0.29) is 5.41 Å². The van der Waals surface area contributed by atoms with Crippen molar-refractivity contribution in [3.05, 3.63) is 0 Å². The van der Waals surface area contributed by atoms with Gasteiger partial charge in [0.1, 0.15) is 6.29 Å². The molecule has 0 heterocycles. The molecule has 0 bridgehead atoms. The van der Waals surface area contributed by atoms with Crippen LogP contribution in [-0.2, 0) is 4.79 Å². The summed E-state index contributed by atoms with van der Waals surface area (Å²) in [7, 11) is 2.19. The summed E-state index contributed by atoms with van der Waals surface area (Å²) in [6.45, 7) is 3.20. The Morgan fingerprint density at radius 1 is 1.28 bits per heavy atom. The van der Waals surface area contributed by atoms with Crippen LogP contribution in [0.15, 0.2) is 0 Å². The van der Waals surface area contributed by atoms with Crippen LogP contribution >= 0.6 is 11.8 Å². The fourth-order valence-corrected chi connectivity index (χ4v) is 4.00. The molecule has 1 fully saturated rings. The number of nitrogens with zero attached hydrogens (tertiary/aromatic N) is 1. The van der Waals surface area contributed by atoms with Crippen LogP contribution in [0.1, 0.15) is 51.9 Å². The number of thioether (sulfide) groups is 1. The van der Waals surface area contributed by atoms with Crippen LogP contribution in [0.3, 0.4) is 0 Å². The number of hydrogen-bond acceptors (Lipinski definition) is 3. The standard InChI is InChI=1S/C15H29NOS/c1-4-14(11-18-3)16(2)12-15(13-17)9-7-5-6-8-10-15/h13-14H,4-12H2,1-3H3. The van der Waals surface area contributed by atoms with Crippen molar-refractivity contribution in [3.8, 4) is 0 Å². The average molecular weight is 271 g/mol. The first-order valence-electron chi connectivity index (χ1n) is 7.33. The van der Waals surface area contributed by atoms with Gasteiger partial charge in [-0.2, -0.15) is 11.8 Å². The van der Waals surface area contributed by atoms with Gasteiger partial charge in [-0.15, -0.1) is 0 Å². The molecule has 1 aliphatic carbocycles. The maximum atomic E-state index is 11.6. The molecule has 0 aromatic carbocycles. The Labute approximate surface area is 117 Å². The molecule has 0 saturated heterocycles. The van der Waals surface area contributed by atoms with Crippen LogP contribution in [0.5, 0.6) is 0 Å². The molecule has 0 amide bonds. The van der Waals surface area contributed by atoms with E-state index in [0.717, 1.165) is 19.4 Å². The first-order chi connectivity index (χ1) is 8.67. The molecule has 0 spiro atoms. The normalized spacial score (nSPS) is 21.6. The average Bonchev–Trinajstić information content (AvgIpc) is 2.62. The molecular formula is C15H29NOS. The highest BCUT2D eigenvalue weighted by atomic mass is 32.2. The Morgan fingerprint density at radius 3 is 2.33 bits per heavy atom. The number of rotatable bonds is 7. The number of carbonyl (C=O) groups is 1. The van der Waals surface area contributed by atoms with Crippen LogP contribution in [0.4, 0.5) is 0 Å². The van der Waals surface area contributed by atoms with E-state index in [1.54, 1.807) is 0 Å². The van der Waals surface area contributed by atoms with Crippen LogP contribution in [0.2, 0.25) is 0 Å². The van der Waals surface area contributed by atoms with Crippen molar-refractivity contribution in [3.63, 3.8) is 0 Å². The van der Waals surface area contributed by atoms with Crippen molar-refractivity contribution < 1.29 is 4.79 Å². The summed E-state index contributed by atoms with van der Waals surface area (Å²) < 4.78 is 0. The molecule has 0 N–H and O–H groups in total. The van der Waals surface area contributed by atoms with E-state index in [9.17, 15) is 4.79 Å². The third-order valence-electron chi connectivity index (χ3n) is 4.37. The van der Waals surface area contributed by atoms with Gasteiger partial charge < -0.3 is 9.69 Å². The lowest BCUT2D eigenvalue weighted by Gasteiger charge is -2.35. The topological polar surface area (TPSA) is 20.3 Å². The van der Waals surface area contributed by atoms with Crippen LogP contribution in [0.25, 0.3) is 0 Å². The van der Waals surface area contributed by atoms with E-state index in [1.807, 2.05) is 11.8 Å². The molecule has 0 aromatic heterocycles. The highest BCUT2D eigenvalue weighted by Gasteiger charge is 2.33. The van der Waals surface area contributed by atoms with Gasteiger partial charge in [0.15, 0.2) is 0 Å². The van der Waals surface area contributed by atoms with E-state index in [4.69, 9.17) is 0 Å². The van der Waals surface area contributed by atoms with E-state index in [2.05, 4.69) is 25.1 Å². The molecule has 0 aliphatic heterocycles. The van der Waals surface area contributed by atoms with Gasteiger partial charge in [0, 0.05) is 23.8 Å². The largest absolute Gasteiger partial charge is 0.303 e. The molecule has 1 aliphatic rings. The zero-order valence-electron chi connectivity index (χ0n) is 12.3. The summed E-state index contributed by atoms with van der Waals surface area (Å²) in [5, 5.41) is 0. The van der Waals surface area contributed by atoms with Gasteiger partial charge in [-0.3, -0.25) is 0 Å². The van der Waals surface area contributed by atoms with E-state index < -0.39 is 0 Å². The number of aldehydes is 1. The van der Waals surface area contributed by atoms with Gasteiger partial charge in [-0.25, -0.2) is 0 Å². The second kappa shape index (κ2) is 8.21. The predicted molar refractivity (Wildman–Crippen MR) is 81.3 cm³/mol. The highest BCUT2D eigenvalue weighted by Crippen LogP contribution is 2.34. The van der Waals surface area contributed by atoms with Gasteiger partial charge in [0.05, 0.1) is 0 Å². The lowest BCUT2D eigenvalue weighted by Crippen LogP contribution is -2.43. The van der Waals surface area contributed by atoms with E-state index >= 15 is 0 Å². The molecule has 1 atom stereocenters. The second-order valence-corrected chi connectivity index (χ2v) is 6.74. The van der Waals surface area contributed by atoms with Crippen molar-refractivity contribution in [1.82, 2.24) is 4.90 Å². The third-order valence-corrected chi connectivity index (χ3v) is 5.09. The minimum atomic E-state index is -0.0585. The molecular weight excluding hydrogens is 242 g/mol. The van der Waals surface area contributed by atoms with E-state index in [1.165, 1.54) is 44.1 Å². The molecule has 1 saturated carbocycles. The molecule has 18 heavy (non-hydrogen) atoms. The second-order valence-electron chi connectivity index (χ2n) is 5.83. The fourth-order valence-electron chi connectivity index (χ4n) is 3.12. The van der Waals surface area contributed by atoms with Gasteiger partial charge in [0.25, 0.3) is 0 Å². The maximum absolute atomic E-state index is 11.6. The van der Waals surface area contributed by atoms with Crippen molar-refractivity contribution in [1.29, 1.82) is 0 Å². The summed E-state index contributed by atoms with van der Waals surface area (Å²) in [5.41, 5.74) is -0.0585. The first-order valence-corrected chi connectivity index (χ1v) is 8.72. The van der Waals surface area contributed by atoms with Gasteiger partial charge in [0.2, 0.25) is 0 Å². The van der Waals surface area contributed by atoms with Crippen LogP contribution < -0.4 is 0 Å². The first kappa shape index (κ1) is 16.0. The Kier molecular flexibility index (Phi) is 7.31. The van der Waals surface area contributed by atoms with Crippen LogP contribution in [0, 0.1) is 5.41 Å². The maximum Gasteiger partial charge on any atom is 0.127 e. The summed E-state index contributed by atoms with van der Waals surface area (Å²) >= 11 is 1.91. The summed E-state index contributed by atoms with van der Waals surface area (Å²) in [6, 6.07) is 0.611. The van der Waals surface area contributed by atoms with Crippen molar-refractivity contribution in [2.75, 3.05) is 25.6 Å². The SMILES string of the molecule is CCC(CSC)N(C)CC1(C=O)CCCCCC1. The third kappa shape index (κ3) is 4.58. The lowest BCUT2D eigenvalue weighted by atomic mass is 9.81. The number of hydrogen-bond donors (Lipinski definition) is 0. The van der Waals surface area contributed by atoms with Crippen molar-refractivity contribution >= 4 is 18.0 Å². The molecule has 106 valence electrons. The fraction of sp³-hybridized carbons (Fsp3) is 0.933. The van der Waals surface area contributed by atoms with Gasteiger partial charge in [-0.05, 0) is 32.6 Å². The molecule has 3 heteroatoms. The lowest BCUT2D eigenvalue weighted by molar-refractivity contribution is -0.118. The quantitative estimate of drug-likeness (QED) is 0.521. The molecule has 1 rings (SSSR count). The monoisotopic (exact) mass is 271 g/mol. The minimum Gasteiger partial charge on any atom is -0.303 e. The summed E-state index contributed by atoms with van der Waals surface area (Å²) in [4.78, 5) is 14.0. The van der Waals surface area contributed by atoms with Gasteiger partial charge >= 0.3 is 0 Å². The number of carbonyl (C=O) groups excluding carboxylic acids is 1. The van der Waals surface area contributed by atoms with Crippen LogP contribution in [-0.4, -0.2) is 42.8 Å². The Balaban J connectivity index is 2.62. The Morgan fingerprint density at radius 2 is 1.89 bits per heavy atom. The molecule has 2 nitrogen and oxygen atoms in total. The highest BCUT2D eigenvalue weighted by molar-refractivity contribution is 7.98. The molecule has 0 aromatic rings. The smallest absolute Gasteiger partial charge is 0.127 e. The zero-order chi connectivity index (χ0) is 13.4. The zero-order valence-corrected chi connectivity index (χ0v) is 13.1. The van der Waals surface area contributed by atoms with Crippen molar-refractivity contribution in [2.24, 2.45) is 5.41 Å². The Bertz CT molecular complexity index is 237. The molecule has 1 unspecified atom stereocenters. The predicted octanol–water partition coefficient (Wildman–Crippen LogP) is 3.60. The summed E-state index contributed by atoms with van der Waals surface area (Å²) in [5.74, 6) is 1.17. The van der Waals surface area contributed by atoms with Crippen molar-refractivity contribution in [2.45, 2.75) is 57.9 Å². The molecule has 0 radical (unpaired) electrons. The minimum absolute atomic E-state index is 0.0585. The van der Waals surface area contributed by atoms with E-state index in [0.29, 0.717) is 6.04 Å².